The third kappa shape index (κ3) is 2.53. The number of nitrogens with one attached hydrogen (secondary N) is 1. The summed E-state index contributed by atoms with van der Waals surface area (Å²) in [5.74, 6) is -1.56. The molecule has 2 rings (SSSR count). The number of hydrogen-bond acceptors (Lipinski definition) is 4. The lowest BCUT2D eigenvalue weighted by Crippen LogP contribution is -2.36. The van der Waals surface area contributed by atoms with Gasteiger partial charge in [-0.05, 0) is 12.5 Å². The predicted molar refractivity (Wildman–Crippen MR) is 64.9 cm³/mol. The van der Waals surface area contributed by atoms with E-state index in [9.17, 15) is 14.4 Å². The van der Waals surface area contributed by atoms with E-state index in [-0.39, 0.29) is 11.9 Å². The summed E-state index contributed by atoms with van der Waals surface area (Å²) < 4.78 is 0. The van der Waals surface area contributed by atoms with E-state index in [1.54, 1.807) is 0 Å². The first kappa shape index (κ1) is 12.2. The Bertz CT molecular complexity index is 479. The smallest absolute Gasteiger partial charge is 0.317 e. The number of amides is 2. The van der Waals surface area contributed by atoms with Crippen LogP contribution in [-0.4, -0.2) is 47.8 Å². The highest BCUT2D eigenvalue weighted by atomic mass is 16.2. The number of rotatable bonds is 3. The number of aliphatic imine (C=N–C) groups is 1. The highest BCUT2D eigenvalue weighted by Gasteiger charge is 2.26. The molecule has 2 aliphatic rings. The van der Waals surface area contributed by atoms with Crippen LogP contribution in [0.4, 0.5) is 0 Å². The first-order valence-corrected chi connectivity index (χ1v) is 5.62. The van der Waals surface area contributed by atoms with Crippen molar-refractivity contribution in [3.8, 4) is 0 Å². The lowest BCUT2D eigenvalue weighted by atomic mass is 10.2. The average Bonchev–Trinajstić information content (AvgIpc) is 2.81. The number of allylic oxidation sites excluding steroid dienone is 1. The molecule has 2 heterocycles. The second-order valence-corrected chi connectivity index (χ2v) is 4.14. The molecule has 1 N–H and O–H groups in total. The van der Waals surface area contributed by atoms with Gasteiger partial charge in [0.25, 0.3) is 0 Å². The summed E-state index contributed by atoms with van der Waals surface area (Å²) in [4.78, 5) is 38.7. The quantitative estimate of drug-likeness (QED) is 0.535. The molecule has 94 valence electrons. The second-order valence-electron chi connectivity index (χ2n) is 4.14. The zero-order chi connectivity index (χ0) is 13.1. The molecule has 0 saturated carbocycles. The van der Waals surface area contributed by atoms with Crippen molar-refractivity contribution >= 4 is 23.8 Å². The largest absolute Gasteiger partial charge is 0.368 e. The van der Waals surface area contributed by atoms with Crippen LogP contribution in [0.25, 0.3) is 0 Å². The van der Waals surface area contributed by atoms with Gasteiger partial charge in [-0.2, -0.15) is 0 Å². The fourth-order valence-electron chi connectivity index (χ4n) is 1.97. The Labute approximate surface area is 104 Å². The van der Waals surface area contributed by atoms with E-state index < -0.39 is 11.7 Å². The van der Waals surface area contributed by atoms with Gasteiger partial charge in [0.1, 0.15) is 0 Å². The molecule has 1 saturated heterocycles. The van der Waals surface area contributed by atoms with Gasteiger partial charge >= 0.3 is 5.91 Å². The van der Waals surface area contributed by atoms with Gasteiger partial charge in [-0.3, -0.25) is 14.4 Å². The van der Waals surface area contributed by atoms with Crippen molar-refractivity contribution in [3.05, 3.63) is 24.4 Å². The van der Waals surface area contributed by atoms with Crippen LogP contribution in [0.1, 0.15) is 6.42 Å². The Hall–Kier alpha value is -2.24. The molecule has 0 unspecified atom stereocenters. The zero-order valence-electron chi connectivity index (χ0n) is 9.76. The van der Waals surface area contributed by atoms with Gasteiger partial charge < -0.3 is 10.2 Å². The summed E-state index contributed by atoms with van der Waals surface area (Å²) >= 11 is 0. The molecule has 0 aliphatic carbocycles. The monoisotopic (exact) mass is 247 g/mol. The molecule has 18 heavy (non-hydrogen) atoms. The van der Waals surface area contributed by atoms with Crippen molar-refractivity contribution in [2.45, 2.75) is 12.5 Å². The number of ketones is 1. The number of nitrogens with zero attached hydrogens (tertiary/aromatic N) is 2. The zero-order valence-corrected chi connectivity index (χ0v) is 9.76. The maximum Gasteiger partial charge on any atom is 0.317 e. The second kappa shape index (κ2) is 4.95. The molecule has 0 aromatic carbocycles. The van der Waals surface area contributed by atoms with Crippen molar-refractivity contribution in [3.63, 3.8) is 0 Å². The summed E-state index contributed by atoms with van der Waals surface area (Å²) in [6.07, 6.45) is 4.69. The van der Waals surface area contributed by atoms with Crippen molar-refractivity contribution < 1.29 is 14.4 Å². The van der Waals surface area contributed by atoms with Crippen molar-refractivity contribution in [1.82, 2.24) is 10.2 Å². The molecule has 0 aromatic rings. The molecular formula is C12H13N3O3. The standard InChI is InChI=1S/C12H13N3O3/c1-2-11(17)14-8-3-4-15(7-8)9-5-10(16)12(18)13-6-9/h2,5-6,8H,1,3-4,7H2,(H,14,17)/t8-/m0/s1. The Kier molecular flexibility index (Phi) is 3.36. The number of dihydropyridines is 1. The van der Waals surface area contributed by atoms with Crippen LogP contribution in [0, 0.1) is 0 Å². The van der Waals surface area contributed by atoms with Gasteiger partial charge in [0.15, 0.2) is 0 Å². The van der Waals surface area contributed by atoms with Gasteiger partial charge in [0.2, 0.25) is 11.7 Å². The van der Waals surface area contributed by atoms with Crippen LogP contribution in [0.2, 0.25) is 0 Å². The Balaban J connectivity index is 1.97. The van der Waals surface area contributed by atoms with Crippen LogP contribution >= 0.6 is 0 Å². The van der Waals surface area contributed by atoms with Gasteiger partial charge in [-0.25, -0.2) is 4.99 Å². The summed E-state index contributed by atoms with van der Waals surface area (Å²) in [5.41, 5.74) is 0.620. The molecule has 6 heteroatoms. The van der Waals surface area contributed by atoms with Gasteiger partial charge in [0.05, 0.1) is 11.9 Å². The highest BCUT2D eigenvalue weighted by Crippen LogP contribution is 2.16. The van der Waals surface area contributed by atoms with E-state index in [1.807, 2.05) is 4.90 Å². The van der Waals surface area contributed by atoms with Crippen molar-refractivity contribution in [2.24, 2.45) is 4.99 Å². The molecule has 0 spiro atoms. The van der Waals surface area contributed by atoms with Gasteiger partial charge in [-0.1, -0.05) is 6.58 Å². The van der Waals surface area contributed by atoms with Crippen LogP contribution in [-0.2, 0) is 14.4 Å². The molecule has 0 radical (unpaired) electrons. The number of carbonyl (C=O) groups excluding carboxylic acids is 3. The molecule has 0 aromatic heterocycles. The minimum atomic E-state index is -0.741. The molecule has 0 bridgehead atoms. The minimum Gasteiger partial charge on any atom is -0.368 e. The SMILES string of the molecule is C=CC(=O)N[C@H]1CCN(C2=CC(=O)C(=O)N=C2)C1. The third-order valence-electron chi connectivity index (χ3n) is 2.89. The fraction of sp³-hybridized carbons (Fsp3) is 0.333. The maximum atomic E-state index is 11.2. The summed E-state index contributed by atoms with van der Waals surface area (Å²) in [6, 6.07) is 0.0255. The van der Waals surface area contributed by atoms with Gasteiger partial charge in [0, 0.05) is 25.2 Å². The molecule has 2 aliphatic heterocycles. The molecule has 2 amide bonds. The van der Waals surface area contributed by atoms with E-state index in [0.29, 0.717) is 18.8 Å². The van der Waals surface area contributed by atoms with Crippen LogP contribution in [0.15, 0.2) is 29.4 Å². The maximum absolute atomic E-state index is 11.2. The minimum absolute atomic E-state index is 0.0255. The van der Waals surface area contributed by atoms with Crippen LogP contribution in [0.5, 0.6) is 0 Å². The molecular weight excluding hydrogens is 234 g/mol. The first-order chi connectivity index (χ1) is 8.60. The van der Waals surface area contributed by atoms with E-state index in [2.05, 4.69) is 16.9 Å². The lowest BCUT2D eigenvalue weighted by molar-refractivity contribution is -0.133. The number of carbonyl (C=O) groups is 3. The Morgan fingerprint density at radius 3 is 3.00 bits per heavy atom. The van der Waals surface area contributed by atoms with E-state index >= 15 is 0 Å². The van der Waals surface area contributed by atoms with Gasteiger partial charge in [-0.15, -0.1) is 0 Å². The van der Waals surface area contributed by atoms with Crippen molar-refractivity contribution in [2.75, 3.05) is 13.1 Å². The lowest BCUT2D eigenvalue weighted by Gasteiger charge is -2.20. The van der Waals surface area contributed by atoms with Crippen LogP contribution < -0.4 is 5.32 Å². The highest BCUT2D eigenvalue weighted by molar-refractivity contribution is 6.44. The van der Waals surface area contributed by atoms with E-state index in [4.69, 9.17) is 0 Å². The Morgan fingerprint density at radius 1 is 1.56 bits per heavy atom. The summed E-state index contributed by atoms with van der Waals surface area (Å²) in [7, 11) is 0. The Morgan fingerprint density at radius 2 is 2.33 bits per heavy atom. The molecule has 1 fully saturated rings. The topological polar surface area (TPSA) is 78.8 Å². The number of hydrogen-bond donors (Lipinski definition) is 1. The average molecular weight is 247 g/mol. The molecule has 1 atom stereocenters. The third-order valence-corrected chi connectivity index (χ3v) is 2.89. The van der Waals surface area contributed by atoms with E-state index in [1.165, 1.54) is 18.4 Å². The summed E-state index contributed by atoms with van der Waals surface area (Å²) in [6.45, 7) is 4.70. The van der Waals surface area contributed by atoms with Crippen LogP contribution in [0.3, 0.4) is 0 Å². The predicted octanol–water partition coefficient (Wildman–Crippen LogP) is -0.573. The van der Waals surface area contributed by atoms with Crippen molar-refractivity contribution in [1.29, 1.82) is 0 Å². The number of likely N-dealkylation sites (tertiary alicyclic amines) is 1. The molecule has 6 nitrogen and oxygen atoms in total. The van der Waals surface area contributed by atoms with E-state index in [0.717, 1.165) is 6.42 Å². The first-order valence-electron chi connectivity index (χ1n) is 5.62. The summed E-state index contributed by atoms with van der Waals surface area (Å²) in [5, 5.41) is 2.80. The fourth-order valence-corrected chi connectivity index (χ4v) is 1.97. The normalized spacial score (nSPS) is 23.0.